The summed E-state index contributed by atoms with van der Waals surface area (Å²) in [6.45, 7) is 3.12. The number of fused-ring (bicyclic) bond motifs is 2. The van der Waals surface area contributed by atoms with Gasteiger partial charge in [0.1, 0.15) is 0 Å². The van der Waals surface area contributed by atoms with Crippen LogP contribution in [-0.2, 0) is 13.1 Å². The quantitative estimate of drug-likeness (QED) is 0.389. The van der Waals surface area contributed by atoms with Crippen molar-refractivity contribution in [2.75, 3.05) is 20.1 Å². The summed E-state index contributed by atoms with van der Waals surface area (Å²) in [7, 11) is 2.06. The molecule has 2 heterocycles. The van der Waals surface area contributed by atoms with E-state index in [9.17, 15) is 9.59 Å². The predicted octanol–water partition coefficient (Wildman–Crippen LogP) is 1.06. The van der Waals surface area contributed by atoms with Crippen molar-refractivity contribution in [2.24, 2.45) is 0 Å². The molecule has 134 valence electrons. The molecule has 2 aromatic heterocycles. The summed E-state index contributed by atoms with van der Waals surface area (Å²) in [5.74, 6) is 0. The summed E-state index contributed by atoms with van der Waals surface area (Å²) < 4.78 is 6.29. The molecule has 5 nitrogen and oxygen atoms in total. The van der Waals surface area contributed by atoms with Gasteiger partial charge in [0.2, 0.25) is 0 Å². The van der Waals surface area contributed by atoms with Crippen molar-refractivity contribution in [1.29, 1.82) is 0 Å². The van der Waals surface area contributed by atoms with E-state index >= 15 is 0 Å². The third-order valence-electron chi connectivity index (χ3n) is 4.47. The van der Waals surface area contributed by atoms with E-state index in [-0.39, 0.29) is 40.6 Å². The van der Waals surface area contributed by atoms with Crippen molar-refractivity contribution < 1.29 is 0 Å². The maximum atomic E-state index is 12.4. The molecule has 0 spiro atoms. The maximum absolute atomic E-state index is 12.4. The molecule has 0 bridgehead atoms. The summed E-state index contributed by atoms with van der Waals surface area (Å²) in [6.07, 6.45) is 0. The van der Waals surface area contributed by atoms with Gasteiger partial charge in [0, 0.05) is 0 Å². The van der Waals surface area contributed by atoms with Crippen LogP contribution >= 0.6 is 0 Å². The number of likely N-dealkylation sites (N-methyl/N-ethyl adjacent to an activating group) is 1. The molecule has 0 aliphatic carbocycles. The van der Waals surface area contributed by atoms with E-state index < -0.39 is 0 Å². The number of hydrogen-bond acceptors (Lipinski definition) is 3. The fourth-order valence-corrected chi connectivity index (χ4v) is 7.10. The molecule has 4 rings (SSSR count). The molecule has 0 aliphatic rings. The van der Waals surface area contributed by atoms with Crippen LogP contribution < -0.4 is 11.1 Å². The van der Waals surface area contributed by atoms with Crippen molar-refractivity contribution in [3.05, 3.63) is 69.2 Å². The SMILES string of the molecule is CN(CCn1[se]c2ccccc2c1=O)CCn1[se]c2ccccc2c1=O. The summed E-state index contributed by atoms with van der Waals surface area (Å²) in [5.41, 5.74) is 0.310. The first-order chi connectivity index (χ1) is 12.6. The minimum absolute atomic E-state index is 0.0875. The molecule has 0 N–H and O–H groups in total. The second-order valence-corrected chi connectivity index (χ2v) is 10.8. The average molecular weight is 479 g/mol. The Morgan fingerprint density at radius 3 is 1.62 bits per heavy atom. The van der Waals surface area contributed by atoms with Crippen LogP contribution in [0.5, 0.6) is 0 Å². The Balaban J connectivity index is 1.40. The van der Waals surface area contributed by atoms with Crippen LogP contribution in [0.3, 0.4) is 0 Å². The van der Waals surface area contributed by atoms with Gasteiger partial charge < -0.3 is 0 Å². The summed E-state index contributed by atoms with van der Waals surface area (Å²) >= 11 is 0.175. The van der Waals surface area contributed by atoms with Crippen LogP contribution in [0.15, 0.2) is 58.1 Å². The van der Waals surface area contributed by atoms with Crippen molar-refractivity contribution in [3.8, 4) is 0 Å². The summed E-state index contributed by atoms with van der Waals surface area (Å²) in [4.78, 5) is 27.0. The summed E-state index contributed by atoms with van der Waals surface area (Å²) in [5, 5.41) is 1.72. The number of benzene rings is 2. The first-order valence-electron chi connectivity index (χ1n) is 8.50. The molecule has 0 amide bonds. The van der Waals surface area contributed by atoms with E-state index in [2.05, 4.69) is 24.1 Å². The van der Waals surface area contributed by atoms with Gasteiger partial charge in [0.25, 0.3) is 0 Å². The fraction of sp³-hybridized carbons (Fsp3) is 0.263. The Morgan fingerprint density at radius 1 is 0.769 bits per heavy atom. The normalized spacial score (nSPS) is 11.8. The molecule has 26 heavy (non-hydrogen) atoms. The topological polar surface area (TPSA) is 47.2 Å². The molecule has 2 aromatic carbocycles. The number of hydrogen-bond donors (Lipinski definition) is 0. The van der Waals surface area contributed by atoms with Gasteiger partial charge >= 0.3 is 163 Å². The second-order valence-electron chi connectivity index (χ2n) is 6.29. The Labute approximate surface area is 163 Å². The van der Waals surface area contributed by atoms with Gasteiger partial charge in [-0.2, -0.15) is 0 Å². The van der Waals surface area contributed by atoms with Gasteiger partial charge in [-0.15, -0.1) is 0 Å². The first kappa shape index (κ1) is 17.8. The van der Waals surface area contributed by atoms with Gasteiger partial charge in [-0.25, -0.2) is 0 Å². The third kappa shape index (κ3) is 3.46. The van der Waals surface area contributed by atoms with Gasteiger partial charge in [-0.1, -0.05) is 0 Å². The molecule has 0 fully saturated rings. The van der Waals surface area contributed by atoms with E-state index in [0.717, 1.165) is 37.0 Å². The van der Waals surface area contributed by atoms with E-state index in [0.29, 0.717) is 0 Å². The van der Waals surface area contributed by atoms with Crippen molar-refractivity contribution in [3.63, 3.8) is 0 Å². The second kappa shape index (κ2) is 7.55. The fourth-order valence-electron chi connectivity index (χ4n) is 2.96. The molecule has 0 saturated carbocycles. The number of aromatic nitrogens is 2. The number of nitrogens with zero attached hydrogens (tertiary/aromatic N) is 3. The predicted molar refractivity (Wildman–Crippen MR) is 108 cm³/mol. The molecule has 0 unspecified atom stereocenters. The standard InChI is InChI=1S/C19H19N3O2Se2/c1-20(10-12-21-18(23)14-6-2-4-8-16(14)25-21)11-13-22-19(24)15-7-3-5-9-17(15)26-22/h2-9H,10-13H2,1H3. The van der Waals surface area contributed by atoms with E-state index in [1.807, 2.05) is 43.5 Å². The molecule has 7 heteroatoms. The Morgan fingerprint density at radius 2 is 1.19 bits per heavy atom. The van der Waals surface area contributed by atoms with Crippen LogP contribution in [0, 0.1) is 0 Å². The van der Waals surface area contributed by atoms with Crippen molar-refractivity contribution in [1.82, 2.24) is 12.0 Å². The number of rotatable bonds is 6. The van der Waals surface area contributed by atoms with Crippen LogP contribution in [0.4, 0.5) is 0 Å². The molecule has 0 radical (unpaired) electrons. The third-order valence-corrected chi connectivity index (χ3v) is 9.18. The minimum atomic E-state index is 0.0875. The zero-order chi connectivity index (χ0) is 18.1. The molecule has 4 aromatic rings. The molecule has 0 saturated heterocycles. The molecular formula is C19H19N3O2Se2. The van der Waals surface area contributed by atoms with Gasteiger partial charge in [0.15, 0.2) is 0 Å². The monoisotopic (exact) mass is 481 g/mol. The van der Waals surface area contributed by atoms with Crippen molar-refractivity contribution in [2.45, 2.75) is 13.1 Å². The van der Waals surface area contributed by atoms with Gasteiger partial charge in [0.05, 0.1) is 0 Å². The summed E-state index contributed by atoms with van der Waals surface area (Å²) in [6, 6.07) is 15.8. The van der Waals surface area contributed by atoms with Crippen molar-refractivity contribution >= 4 is 48.8 Å². The Hall–Kier alpha value is -1.62. The van der Waals surface area contributed by atoms with Crippen LogP contribution in [0.1, 0.15) is 0 Å². The zero-order valence-corrected chi connectivity index (χ0v) is 17.8. The van der Waals surface area contributed by atoms with Gasteiger partial charge in [-0.05, 0) is 0 Å². The molecular weight excluding hydrogens is 460 g/mol. The Bertz CT molecular complexity index is 1080. The van der Waals surface area contributed by atoms with Crippen LogP contribution in [-0.4, -0.2) is 61.6 Å². The van der Waals surface area contributed by atoms with E-state index in [1.54, 1.807) is 0 Å². The molecule has 0 atom stereocenters. The van der Waals surface area contributed by atoms with E-state index in [4.69, 9.17) is 0 Å². The van der Waals surface area contributed by atoms with Crippen LogP contribution in [0.25, 0.3) is 19.3 Å². The van der Waals surface area contributed by atoms with E-state index in [1.165, 1.54) is 8.52 Å². The molecule has 0 aliphatic heterocycles. The average Bonchev–Trinajstić information content (AvgIpc) is 3.16. The zero-order valence-electron chi connectivity index (χ0n) is 14.4. The van der Waals surface area contributed by atoms with Crippen LogP contribution in [0.2, 0.25) is 0 Å². The van der Waals surface area contributed by atoms with Gasteiger partial charge in [-0.3, -0.25) is 0 Å². The first-order valence-corrected chi connectivity index (χ1v) is 11.7. The Kier molecular flexibility index (Phi) is 5.16.